The molecule has 0 aliphatic rings. The number of aromatic nitrogens is 4. The van der Waals surface area contributed by atoms with E-state index in [1.54, 1.807) is 0 Å². The van der Waals surface area contributed by atoms with Crippen LogP contribution >= 0.6 is 0 Å². The van der Waals surface area contributed by atoms with E-state index in [2.05, 4.69) is 136 Å². The molecule has 4 nitrogen and oxygen atoms in total. The van der Waals surface area contributed by atoms with Crippen LogP contribution in [0.15, 0.2) is 73.3 Å². The maximum absolute atomic E-state index is 4.73. The van der Waals surface area contributed by atoms with Crippen molar-refractivity contribution in [1.29, 1.82) is 0 Å². The fraction of sp³-hybridized carbons (Fsp3) is 0.500. The van der Waals surface area contributed by atoms with Crippen molar-refractivity contribution in [3.05, 3.63) is 95.8 Å². The Morgan fingerprint density at radius 3 is 1.29 bits per heavy atom. The zero-order chi connectivity index (χ0) is 34.1. The van der Waals surface area contributed by atoms with Crippen LogP contribution in [0.4, 0.5) is 0 Å². The smallest absolute Gasteiger partial charge is 0.0886 e. The third-order valence-electron chi connectivity index (χ3n) is 9.61. The molecule has 0 bridgehead atoms. The van der Waals surface area contributed by atoms with Crippen LogP contribution in [0, 0.1) is 23.7 Å². The van der Waals surface area contributed by atoms with E-state index >= 15 is 0 Å². The van der Waals surface area contributed by atoms with E-state index in [0.717, 1.165) is 59.3 Å². The molecule has 4 rings (SSSR count). The monoisotopic (exact) mass is 646 g/mol. The minimum atomic E-state index is 0.807. The first-order valence-corrected chi connectivity index (χ1v) is 18.9. The molecule has 258 valence electrons. The van der Waals surface area contributed by atoms with Gasteiger partial charge < -0.3 is 9.13 Å². The van der Waals surface area contributed by atoms with Gasteiger partial charge in [0.15, 0.2) is 0 Å². The summed E-state index contributed by atoms with van der Waals surface area (Å²) in [6.07, 6.45) is 30.1. The molecule has 0 saturated heterocycles. The van der Waals surface area contributed by atoms with Gasteiger partial charge in [0.2, 0.25) is 0 Å². The summed E-state index contributed by atoms with van der Waals surface area (Å²) >= 11 is 0. The Hall–Kier alpha value is -3.66. The van der Waals surface area contributed by atoms with E-state index in [4.69, 9.17) is 9.97 Å². The van der Waals surface area contributed by atoms with Gasteiger partial charge in [0.1, 0.15) is 0 Å². The van der Waals surface area contributed by atoms with Crippen LogP contribution in [0.5, 0.6) is 0 Å². The number of nitrogens with zero attached hydrogens (tertiary/aromatic N) is 4. The molecular weight excluding hydrogens is 585 g/mol. The van der Waals surface area contributed by atoms with Gasteiger partial charge in [0.05, 0.1) is 11.4 Å². The Morgan fingerprint density at radius 2 is 0.917 bits per heavy atom. The molecule has 0 spiro atoms. The number of aryl methyl sites for hydroxylation is 2. The van der Waals surface area contributed by atoms with Gasteiger partial charge in [-0.1, -0.05) is 104 Å². The Kier molecular flexibility index (Phi) is 15.5. The Morgan fingerprint density at radius 1 is 0.500 bits per heavy atom. The summed E-state index contributed by atoms with van der Waals surface area (Å²) in [5.41, 5.74) is 6.45. The van der Waals surface area contributed by atoms with Crippen molar-refractivity contribution in [2.75, 3.05) is 0 Å². The molecular formula is C44H62N4. The van der Waals surface area contributed by atoms with Crippen LogP contribution in [0.3, 0.4) is 0 Å². The first kappa shape index (κ1) is 37.2. The van der Waals surface area contributed by atoms with Gasteiger partial charge in [-0.15, -0.1) is 0 Å². The summed E-state index contributed by atoms with van der Waals surface area (Å²) in [6.45, 7) is 16.2. The predicted molar refractivity (Wildman–Crippen MR) is 208 cm³/mol. The molecule has 0 aromatic carbocycles. The number of pyridine rings is 2. The van der Waals surface area contributed by atoms with Crippen molar-refractivity contribution in [1.82, 2.24) is 19.1 Å². The van der Waals surface area contributed by atoms with E-state index in [1.807, 2.05) is 12.4 Å². The fourth-order valence-electron chi connectivity index (χ4n) is 6.50. The highest BCUT2D eigenvalue weighted by atomic mass is 15.0. The summed E-state index contributed by atoms with van der Waals surface area (Å²) < 4.78 is 4.74. The SMILES string of the molecule is CC(C)CCC[C@@H](C)CCCn1cccc1/C=C/c1ccc(-c2ccc(/C=C/c3cccn3CCC[C@H](C)CCCC(C)C)cn2)nc1. The Labute approximate surface area is 292 Å². The molecule has 4 aromatic rings. The summed E-state index contributed by atoms with van der Waals surface area (Å²) in [6, 6.07) is 17.1. The standard InChI is InChI=1S/C44H62N4/c1-35(2)13-7-15-37(5)17-9-29-47-31-11-19-41(47)25-21-39-23-27-43(45-33-39)44-28-24-40(34-46-44)22-26-42-20-12-32-48(42)30-10-18-38(6)16-8-14-36(3)4/h11-12,19-28,31-38H,7-10,13-18,29-30H2,1-6H3/b25-21+,26-22+/t37-,38-/m1/s1. The third-order valence-corrected chi connectivity index (χ3v) is 9.61. The summed E-state index contributed by atoms with van der Waals surface area (Å²) in [5, 5.41) is 0. The quantitative estimate of drug-likeness (QED) is 0.0903. The molecule has 48 heavy (non-hydrogen) atoms. The third kappa shape index (κ3) is 13.1. The maximum atomic E-state index is 4.73. The second kappa shape index (κ2) is 20.0. The zero-order valence-corrected chi connectivity index (χ0v) is 30.8. The average molecular weight is 647 g/mol. The molecule has 4 heterocycles. The average Bonchev–Trinajstić information content (AvgIpc) is 3.72. The van der Waals surface area contributed by atoms with Crippen molar-refractivity contribution in [3.8, 4) is 11.4 Å². The highest BCUT2D eigenvalue weighted by Gasteiger charge is 2.07. The number of hydrogen-bond donors (Lipinski definition) is 0. The largest absolute Gasteiger partial charge is 0.348 e. The lowest BCUT2D eigenvalue weighted by Crippen LogP contribution is -2.02. The molecule has 4 aromatic heterocycles. The molecule has 2 atom stereocenters. The Bertz CT molecular complexity index is 1380. The molecule has 0 aliphatic heterocycles. The second-order valence-corrected chi connectivity index (χ2v) is 15.0. The topological polar surface area (TPSA) is 35.6 Å². The van der Waals surface area contributed by atoms with Crippen molar-refractivity contribution < 1.29 is 0 Å². The first-order valence-electron chi connectivity index (χ1n) is 18.9. The van der Waals surface area contributed by atoms with Crippen LogP contribution in [0.25, 0.3) is 35.7 Å². The lowest BCUT2D eigenvalue weighted by Gasteiger charge is -2.13. The van der Waals surface area contributed by atoms with Gasteiger partial charge in [-0.3, -0.25) is 9.97 Å². The molecule has 0 N–H and O–H groups in total. The summed E-state index contributed by atoms with van der Waals surface area (Å²) in [4.78, 5) is 9.45. The van der Waals surface area contributed by atoms with E-state index in [1.165, 1.54) is 75.6 Å². The zero-order valence-electron chi connectivity index (χ0n) is 30.8. The molecule has 0 saturated carbocycles. The van der Waals surface area contributed by atoms with E-state index in [9.17, 15) is 0 Å². The van der Waals surface area contributed by atoms with Gasteiger partial charge in [-0.05, 0) is 109 Å². The fourth-order valence-corrected chi connectivity index (χ4v) is 6.50. The highest BCUT2D eigenvalue weighted by molar-refractivity contribution is 5.70. The van der Waals surface area contributed by atoms with E-state index in [-0.39, 0.29) is 0 Å². The van der Waals surface area contributed by atoms with Gasteiger partial charge in [-0.25, -0.2) is 0 Å². The summed E-state index contributed by atoms with van der Waals surface area (Å²) in [5.74, 6) is 3.25. The maximum Gasteiger partial charge on any atom is 0.0886 e. The first-order chi connectivity index (χ1) is 23.3. The summed E-state index contributed by atoms with van der Waals surface area (Å²) in [7, 11) is 0. The molecule has 0 radical (unpaired) electrons. The molecule has 0 amide bonds. The van der Waals surface area contributed by atoms with Crippen molar-refractivity contribution in [2.24, 2.45) is 23.7 Å². The van der Waals surface area contributed by atoms with Gasteiger partial charge in [-0.2, -0.15) is 0 Å². The van der Waals surface area contributed by atoms with Crippen LogP contribution in [0.1, 0.15) is 128 Å². The Balaban J connectivity index is 1.23. The van der Waals surface area contributed by atoms with Gasteiger partial charge >= 0.3 is 0 Å². The van der Waals surface area contributed by atoms with Crippen LogP contribution in [-0.2, 0) is 13.1 Å². The lowest BCUT2D eigenvalue weighted by atomic mass is 9.96. The van der Waals surface area contributed by atoms with E-state index < -0.39 is 0 Å². The second-order valence-electron chi connectivity index (χ2n) is 15.0. The van der Waals surface area contributed by atoms with Crippen LogP contribution in [-0.4, -0.2) is 19.1 Å². The number of hydrogen-bond acceptors (Lipinski definition) is 2. The van der Waals surface area contributed by atoms with Gasteiger partial charge in [0.25, 0.3) is 0 Å². The molecule has 0 unspecified atom stereocenters. The minimum Gasteiger partial charge on any atom is -0.348 e. The normalized spacial score (nSPS) is 13.4. The number of rotatable bonds is 21. The van der Waals surface area contributed by atoms with Crippen molar-refractivity contribution >= 4 is 24.3 Å². The molecule has 4 heteroatoms. The lowest BCUT2D eigenvalue weighted by molar-refractivity contribution is 0.415. The van der Waals surface area contributed by atoms with E-state index in [0.29, 0.717) is 0 Å². The highest BCUT2D eigenvalue weighted by Crippen LogP contribution is 2.21. The minimum absolute atomic E-state index is 0.807. The van der Waals surface area contributed by atoms with Gasteiger partial charge in [0, 0.05) is 49.3 Å². The van der Waals surface area contributed by atoms with Crippen molar-refractivity contribution in [3.63, 3.8) is 0 Å². The van der Waals surface area contributed by atoms with Crippen LogP contribution < -0.4 is 0 Å². The molecule has 0 aliphatic carbocycles. The predicted octanol–water partition coefficient (Wildman–Crippen LogP) is 12.6. The van der Waals surface area contributed by atoms with Crippen molar-refractivity contribution in [2.45, 2.75) is 119 Å². The van der Waals surface area contributed by atoms with Crippen LogP contribution in [0.2, 0.25) is 0 Å². The molecule has 0 fully saturated rings.